The molecule has 0 amide bonds. The molecule has 1 heterocycles. The van der Waals surface area contributed by atoms with Gasteiger partial charge >= 0.3 is 0 Å². The van der Waals surface area contributed by atoms with Crippen molar-refractivity contribution in [1.29, 1.82) is 0 Å². The number of aliphatic hydroxyl groups is 1. The average Bonchev–Trinajstić information content (AvgIpc) is 2.75. The fraction of sp³-hybridized carbons (Fsp3) is 0.357. The molecule has 0 unspecified atom stereocenters. The third kappa shape index (κ3) is 3.32. The molecule has 2 rings (SSSR count). The van der Waals surface area contributed by atoms with Crippen LogP contribution in [0, 0.1) is 5.82 Å². The second kappa shape index (κ2) is 5.84. The van der Waals surface area contributed by atoms with Gasteiger partial charge in [-0.3, -0.25) is 4.68 Å². The molecule has 5 heteroatoms. The van der Waals surface area contributed by atoms with E-state index in [4.69, 9.17) is 4.74 Å². The summed E-state index contributed by atoms with van der Waals surface area (Å²) in [7, 11) is 1.86. The second-order valence-electron chi connectivity index (χ2n) is 4.40. The third-order valence-electron chi connectivity index (χ3n) is 2.96. The van der Waals surface area contributed by atoms with Gasteiger partial charge in [-0.1, -0.05) is 0 Å². The Bertz CT molecular complexity index is 552. The van der Waals surface area contributed by atoms with E-state index in [-0.39, 0.29) is 5.82 Å². The highest BCUT2D eigenvalue weighted by Crippen LogP contribution is 2.26. The van der Waals surface area contributed by atoms with E-state index in [2.05, 4.69) is 5.10 Å². The van der Waals surface area contributed by atoms with Crippen LogP contribution >= 0.6 is 0 Å². The fourth-order valence-corrected chi connectivity index (χ4v) is 1.89. The molecule has 0 spiro atoms. The fourth-order valence-electron chi connectivity index (χ4n) is 1.89. The molecule has 1 aromatic heterocycles. The molecule has 0 saturated heterocycles. The van der Waals surface area contributed by atoms with E-state index >= 15 is 0 Å². The smallest absolute Gasteiger partial charge is 0.128 e. The molecular weight excluding hydrogens is 247 g/mol. The molecule has 4 nitrogen and oxygen atoms in total. The lowest BCUT2D eigenvalue weighted by atomic mass is 10.1. The Morgan fingerprint density at radius 2 is 2.21 bits per heavy atom. The van der Waals surface area contributed by atoms with Crippen molar-refractivity contribution in [1.82, 2.24) is 9.78 Å². The van der Waals surface area contributed by atoms with Gasteiger partial charge < -0.3 is 9.84 Å². The van der Waals surface area contributed by atoms with Gasteiger partial charge in [0.2, 0.25) is 0 Å². The van der Waals surface area contributed by atoms with Crippen LogP contribution in [-0.4, -0.2) is 21.5 Å². The third-order valence-corrected chi connectivity index (χ3v) is 2.96. The number of hydrogen-bond acceptors (Lipinski definition) is 3. The van der Waals surface area contributed by atoms with Gasteiger partial charge in [0.1, 0.15) is 11.6 Å². The Balaban J connectivity index is 2.03. The van der Waals surface area contributed by atoms with Gasteiger partial charge in [0.25, 0.3) is 0 Å². The Morgan fingerprint density at radius 3 is 2.84 bits per heavy atom. The number of hydrogen-bond donors (Lipinski definition) is 1. The lowest BCUT2D eigenvalue weighted by molar-refractivity contribution is 0.191. The molecule has 0 bridgehead atoms. The van der Waals surface area contributed by atoms with E-state index in [0.717, 1.165) is 5.69 Å². The number of nitrogens with zero attached hydrogens (tertiary/aromatic N) is 2. The number of halogens is 1. The second-order valence-corrected chi connectivity index (χ2v) is 4.40. The van der Waals surface area contributed by atoms with Crippen LogP contribution in [0.25, 0.3) is 0 Å². The summed E-state index contributed by atoms with van der Waals surface area (Å²) in [6.45, 7) is 2.03. The van der Waals surface area contributed by atoms with Crippen LogP contribution in [0.2, 0.25) is 0 Å². The van der Waals surface area contributed by atoms with Crippen molar-refractivity contribution >= 4 is 0 Å². The van der Waals surface area contributed by atoms with Gasteiger partial charge in [-0.05, 0) is 25.1 Å². The molecular formula is C14H17FN2O2. The van der Waals surface area contributed by atoms with Gasteiger partial charge in [0.15, 0.2) is 0 Å². The molecule has 0 aliphatic rings. The minimum absolute atomic E-state index is 0.375. The van der Waals surface area contributed by atoms with Crippen molar-refractivity contribution in [2.24, 2.45) is 7.05 Å². The maximum atomic E-state index is 13.2. The monoisotopic (exact) mass is 264 g/mol. The zero-order valence-corrected chi connectivity index (χ0v) is 11.0. The summed E-state index contributed by atoms with van der Waals surface area (Å²) < 4.78 is 20.5. The largest absolute Gasteiger partial charge is 0.493 e. The first kappa shape index (κ1) is 13.5. The molecule has 0 radical (unpaired) electrons. The van der Waals surface area contributed by atoms with Crippen LogP contribution in [-0.2, 0) is 13.5 Å². The number of ether oxygens (including phenoxy) is 1. The van der Waals surface area contributed by atoms with Gasteiger partial charge in [0.05, 0.1) is 12.7 Å². The van der Waals surface area contributed by atoms with E-state index in [1.54, 1.807) is 23.9 Å². The molecule has 1 N–H and O–H groups in total. The quantitative estimate of drug-likeness (QED) is 0.901. The van der Waals surface area contributed by atoms with Gasteiger partial charge in [-0.25, -0.2) is 4.39 Å². The summed E-state index contributed by atoms with van der Waals surface area (Å²) in [5, 5.41) is 13.7. The van der Waals surface area contributed by atoms with E-state index in [1.165, 1.54) is 12.1 Å². The Labute approximate surface area is 111 Å². The van der Waals surface area contributed by atoms with Crippen LogP contribution in [0.15, 0.2) is 30.5 Å². The highest BCUT2D eigenvalue weighted by atomic mass is 19.1. The molecule has 1 aromatic carbocycles. The first-order chi connectivity index (χ1) is 9.08. The molecule has 1 atom stereocenters. The summed E-state index contributed by atoms with van der Waals surface area (Å²) >= 11 is 0. The Morgan fingerprint density at radius 1 is 1.42 bits per heavy atom. The van der Waals surface area contributed by atoms with Crippen LogP contribution in [0.3, 0.4) is 0 Å². The summed E-state index contributed by atoms with van der Waals surface area (Å²) in [5.74, 6) is 0.0112. The molecule has 0 aliphatic carbocycles. The first-order valence-electron chi connectivity index (χ1n) is 6.15. The van der Waals surface area contributed by atoms with Crippen molar-refractivity contribution in [3.63, 3.8) is 0 Å². The number of aliphatic hydroxyl groups excluding tert-OH is 1. The molecule has 0 aliphatic heterocycles. The summed E-state index contributed by atoms with van der Waals surface area (Å²) in [5.41, 5.74) is 1.63. The standard InChI is InChI=1S/C14H17FN2O2/c1-10(18)13-4-3-11(15)9-14(13)19-8-6-12-5-7-16-17(12)2/h3-5,7,9-10,18H,6,8H2,1-2H3/t10-/m1/s1. The minimum Gasteiger partial charge on any atom is -0.493 e. The highest BCUT2D eigenvalue weighted by molar-refractivity contribution is 5.35. The predicted octanol–water partition coefficient (Wildman–Crippen LogP) is 2.23. The highest BCUT2D eigenvalue weighted by Gasteiger charge is 2.10. The zero-order chi connectivity index (χ0) is 13.8. The minimum atomic E-state index is -0.688. The van der Waals surface area contributed by atoms with Crippen LogP contribution in [0.1, 0.15) is 24.3 Å². The number of aryl methyl sites for hydroxylation is 1. The summed E-state index contributed by atoms with van der Waals surface area (Å²) in [6.07, 6.45) is 1.71. The Hall–Kier alpha value is -1.88. The van der Waals surface area contributed by atoms with E-state index in [9.17, 15) is 9.50 Å². The maximum absolute atomic E-state index is 13.2. The van der Waals surface area contributed by atoms with E-state index < -0.39 is 6.10 Å². The normalized spacial score (nSPS) is 12.4. The number of rotatable bonds is 5. The summed E-state index contributed by atoms with van der Waals surface area (Å²) in [4.78, 5) is 0. The van der Waals surface area contributed by atoms with Crippen LogP contribution < -0.4 is 4.74 Å². The molecule has 2 aromatic rings. The topological polar surface area (TPSA) is 47.3 Å². The molecule has 102 valence electrons. The van der Waals surface area contributed by atoms with Crippen molar-refractivity contribution in [3.05, 3.63) is 47.5 Å². The first-order valence-corrected chi connectivity index (χ1v) is 6.15. The number of benzene rings is 1. The van der Waals surface area contributed by atoms with Gasteiger partial charge in [-0.15, -0.1) is 0 Å². The maximum Gasteiger partial charge on any atom is 0.128 e. The lowest BCUT2D eigenvalue weighted by Gasteiger charge is -2.13. The van der Waals surface area contributed by atoms with E-state index in [1.807, 2.05) is 13.1 Å². The molecule has 0 saturated carbocycles. The van der Waals surface area contributed by atoms with Gasteiger partial charge in [-0.2, -0.15) is 5.10 Å². The van der Waals surface area contributed by atoms with Crippen molar-refractivity contribution < 1.29 is 14.2 Å². The van der Waals surface area contributed by atoms with Gasteiger partial charge in [0, 0.05) is 37.0 Å². The van der Waals surface area contributed by atoms with E-state index in [0.29, 0.717) is 24.3 Å². The van der Waals surface area contributed by atoms with Crippen molar-refractivity contribution in [2.45, 2.75) is 19.4 Å². The zero-order valence-electron chi connectivity index (χ0n) is 11.0. The average molecular weight is 264 g/mol. The SMILES string of the molecule is C[C@@H](O)c1ccc(F)cc1OCCc1ccnn1C. The molecule has 0 fully saturated rings. The Kier molecular flexibility index (Phi) is 4.16. The number of aromatic nitrogens is 2. The van der Waals surface area contributed by atoms with Crippen molar-refractivity contribution in [3.8, 4) is 5.75 Å². The van der Waals surface area contributed by atoms with Crippen molar-refractivity contribution in [2.75, 3.05) is 6.61 Å². The summed E-state index contributed by atoms with van der Waals surface area (Å²) in [6, 6.07) is 6.06. The molecule has 19 heavy (non-hydrogen) atoms. The lowest BCUT2D eigenvalue weighted by Crippen LogP contribution is -2.08. The predicted molar refractivity (Wildman–Crippen MR) is 69.4 cm³/mol. The van der Waals surface area contributed by atoms with Crippen LogP contribution in [0.4, 0.5) is 4.39 Å². The van der Waals surface area contributed by atoms with Crippen LogP contribution in [0.5, 0.6) is 5.75 Å².